The third-order valence-corrected chi connectivity index (χ3v) is 5.39. The molecule has 1 saturated heterocycles. The average molecular weight is 299 g/mol. The van der Waals surface area contributed by atoms with E-state index in [9.17, 15) is 18.3 Å². The van der Waals surface area contributed by atoms with Gasteiger partial charge in [-0.05, 0) is 26.3 Å². The number of anilines is 1. The van der Waals surface area contributed by atoms with Crippen molar-refractivity contribution >= 4 is 21.6 Å². The van der Waals surface area contributed by atoms with Crippen LogP contribution in [-0.2, 0) is 9.84 Å². The highest BCUT2D eigenvalue weighted by molar-refractivity contribution is 7.91. The second-order valence-corrected chi connectivity index (χ2v) is 7.30. The Hall–Kier alpha value is -1.70. The summed E-state index contributed by atoms with van der Waals surface area (Å²) in [6.07, 6.45) is 0. The molecule has 1 aliphatic rings. The van der Waals surface area contributed by atoms with Crippen LogP contribution in [0.2, 0.25) is 0 Å². The number of rotatable bonds is 2. The van der Waals surface area contributed by atoms with Gasteiger partial charge >= 0.3 is 5.97 Å². The molecule has 1 unspecified atom stereocenters. The van der Waals surface area contributed by atoms with E-state index in [1.165, 1.54) is 0 Å². The summed E-state index contributed by atoms with van der Waals surface area (Å²) in [6, 6.07) is -0.316. The molecule has 1 atom stereocenters. The van der Waals surface area contributed by atoms with Gasteiger partial charge in [0.15, 0.2) is 15.7 Å². The molecule has 1 N–H and O–H groups in total. The van der Waals surface area contributed by atoms with Crippen LogP contribution in [0.3, 0.4) is 0 Å². The van der Waals surface area contributed by atoms with Gasteiger partial charge in [-0.1, -0.05) is 0 Å². The molecule has 0 aromatic carbocycles. The Morgan fingerprint density at radius 2 is 2.00 bits per heavy atom. The lowest BCUT2D eigenvalue weighted by Crippen LogP contribution is -2.48. The predicted octanol–water partition coefficient (Wildman–Crippen LogP) is 0.415. The molecule has 0 amide bonds. The van der Waals surface area contributed by atoms with Crippen molar-refractivity contribution in [1.82, 2.24) is 10.2 Å². The maximum atomic E-state index is 11.6. The lowest BCUT2D eigenvalue weighted by molar-refractivity contribution is 0.0696. The quantitative estimate of drug-likeness (QED) is 0.844. The number of hydrogen-bond donors (Lipinski definition) is 1. The Balaban J connectivity index is 2.49. The Morgan fingerprint density at radius 3 is 2.55 bits per heavy atom. The van der Waals surface area contributed by atoms with Crippen LogP contribution in [0, 0.1) is 13.8 Å². The SMILES string of the molecule is Cc1nnc(N2CCS(=O)(=O)CC2C)c(C(=O)O)c1C. The molecule has 2 heterocycles. The van der Waals surface area contributed by atoms with Gasteiger partial charge < -0.3 is 10.0 Å². The summed E-state index contributed by atoms with van der Waals surface area (Å²) in [5.41, 5.74) is 1.22. The Labute approximate surface area is 117 Å². The molecule has 0 radical (unpaired) electrons. The molecule has 2 rings (SSSR count). The minimum absolute atomic E-state index is 0.000658. The van der Waals surface area contributed by atoms with Gasteiger partial charge in [-0.25, -0.2) is 13.2 Å². The van der Waals surface area contributed by atoms with Gasteiger partial charge in [-0.2, -0.15) is 5.10 Å². The fourth-order valence-electron chi connectivity index (χ4n) is 2.37. The zero-order chi connectivity index (χ0) is 15.1. The number of aryl methyl sites for hydroxylation is 1. The van der Waals surface area contributed by atoms with Crippen molar-refractivity contribution in [2.24, 2.45) is 0 Å². The first-order valence-corrected chi connectivity index (χ1v) is 8.09. The van der Waals surface area contributed by atoms with Crippen LogP contribution >= 0.6 is 0 Å². The standard InChI is InChI=1S/C12H17N3O4S/c1-7-6-20(18,19)5-4-15(7)11-10(12(16)17)8(2)9(3)13-14-11/h7H,4-6H2,1-3H3,(H,16,17). The molecular weight excluding hydrogens is 282 g/mol. The monoisotopic (exact) mass is 299 g/mol. The van der Waals surface area contributed by atoms with Gasteiger partial charge in [-0.15, -0.1) is 5.10 Å². The van der Waals surface area contributed by atoms with Crippen molar-refractivity contribution in [3.63, 3.8) is 0 Å². The van der Waals surface area contributed by atoms with E-state index in [0.29, 0.717) is 11.3 Å². The van der Waals surface area contributed by atoms with Crippen molar-refractivity contribution in [3.05, 3.63) is 16.8 Å². The first kappa shape index (κ1) is 14.7. The van der Waals surface area contributed by atoms with Crippen LogP contribution in [0.15, 0.2) is 0 Å². The Kier molecular flexibility index (Phi) is 3.68. The third-order valence-electron chi connectivity index (χ3n) is 3.59. The first-order chi connectivity index (χ1) is 9.23. The van der Waals surface area contributed by atoms with Crippen LogP contribution in [0.25, 0.3) is 0 Å². The highest BCUT2D eigenvalue weighted by atomic mass is 32.2. The molecule has 0 saturated carbocycles. The number of sulfone groups is 1. The van der Waals surface area contributed by atoms with Crippen LogP contribution < -0.4 is 4.90 Å². The highest BCUT2D eigenvalue weighted by Crippen LogP contribution is 2.26. The van der Waals surface area contributed by atoms with Crippen molar-refractivity contribution in [2.75, 3.05) is 23.0 Å². The van der Waals surface area contributed by atoms with E-state index in [0.717, 1.165) is 0 Å². The number of aromatic nitrogens is 2. The van der Waals surface area contributed by atoms with E-state index in [1.54, 1.807) is 25.7 Å². The molecular formula is C12H17N3O4S. The summed E-state index contributed by atoms with van der Waals surface area (Å²) in [5.74, 6) is -0.815. The number of nitrogens with zero attached hydrogens (tertiary/aromatic N) is 3. The number of carboxylic acid groups (broad SMARTS) is 1. The van der Waals surface area contributed by atoms with Gasteiger partial charge in [-0.3, -0.25) is 0 Å². The summed E-state index contributed by atoms with van der Waals surface area (Å²) in [4.78, 5) is 13.2. The van der Waals surface area contributed by atoms with E-state index < -0.39 is 15.8 Å². The van der Waals surface area contributed by atoms with Crippen LogP contribution in [0.4, 0.5) is 5.82 Å². The summed E-state index contributed by atoms with van der Waals surface area (Å²) in [6.45, 7) is 5.37. The van der Waals surface area contributed by atoms with Gasteiger partial charge in [0.2, 0.25) is 0 Å². The van der Waals surface area contributed by atoms with Crippen LogP contribution in [-0.4, -0.2) is 53.8 Å². The third kappa shape index (κ3) is 2.60. The number of aromatic carboxylic acids is 1. The molecule has 20 heavy (non-hydrogen) atoms. The lowest BCUT2D eigenvalue weighted by Gasteiger charge is -2.34. The van der Waals surface area contributed by atoms with E-state index in [-0.39, 0.29) is 35.5 Å². The molecule has 8 heteroatoms. The normalized spacial score (nSPS) is 21.8. The van der Waals surface area contributed by atoms with Gasteiger partial charge in [0.05, 0.1) is 17.2 Å². The summed E-state index contributed by atoms with van der Waals surface area (Å²) in [7, 11) is -3.06. The van der Waals surface area contributed by atoms with Crippen LogP contribution in [0.1, 0.15) is 28.5 Å². The topological polar surface area (TPSA) is 100 Å². The van der Waals surface area contributed by atoms with Crippen LogP contribution in [0.5, 0.6) is 0 Å². The molecule has 1 aromatic rings. The maximum absolute atomic E-state index is 11.6. The zero-order valence-electron chi connectivity index (χ0n) is 11.6. The molecule has 1 aromatic heterocycles. The van der Waals surface area contributed by atoms with Crippen molar-refractivity contribution in [3.8, 4) is 0 Å². The number of carboxylic acids is 1. The van der Waals surface area contributed by atoms with Crippen molar-refractivity contribution in [2.45, 2.75) is 26.8 Å². The highest BCUT2D eigenvalue weighted by Gasteiger charge is 2.32. The second-order valence-electron chi connectivity index (χ2n) is 5.07. The smallest absolute Gasteiger partial charge is 0.339 e. The van der Waals surface area contributed by atoms with E-state index in [4.69, 9.17) is 0 Å². The molecule has 0 aliphatic carbocycles. The lowest BCUT2D eigenvalue weighted by atomic mass is 10.1. The van der Waals surface area contributed by atoms with E-state index >= 15 is 0 Å². The zero-order valence-corrected chi connectivity index (χ0v) is 12.4. The minimum Gasteiger partial charge on any atom is -0.478 e. The first-order valence-electron chi connectivity index (χ1n) is 6.27. The Bertz CT molecular complexity index is 657. The maximum Gasteiger partial charge on any atom is 0.339 e. The summed E-state index contributed by atoms with van der Waals surface area (Å²) < 4.78 is 23.2. The molecule has 0 spiro atoms. The summed E-state index contributed by atoms with van der Waals surface area (Å²) in [5, 5.41) is 17.3. The van der Waals surface area contributed by atoms with Gasteiger partial charge in [0.25, 0.3) is 0 Å². The summed E-state index contributed by atoms with van der Waals surface area (Å²) >= 11 is 0. The molecule has 1 fully saturated rings. The minimum atomic E-state index is -3.06. The van der Waals surface area contributed by atoms with E-state index in [2.05, 4.69) is 10.2 Å². The molecule has 7 nitrogen and oxygen atoms in total. The van der Waals surface area contributed by atoms with Crippen molar-refractivity contribution in [1.29, 1.82) is 0 Å². The Morgan fingerprint density at radius 1 is 1.35 bits per heavy atom. The predicted molar refractivity (Wildman–Crippen MR) is 73.9 cm³/mol. The molecule has 110 valence electrons. The fraction of sp³-hybridized carbons (Fsp3) is 0.583. The van der Waals surface area contributed by atoms with Crippen molar-refractivity contribution < 1.29 is 18.3 Å². The van der Waals surface area contributed by atoms with Gasteiger partial charge in [0.1, 0.15) is 5.56 Å². The van der Waals surface area contributed by atoms with E-state index in [1.807, 2.05) is 0 Å². The number of hydrogen-bond acceptors (Lipinski definition) is 6. The molecule has 1 aliphatic heterocycles. The second kappa shape index (κ2) is 5.01. The largest absolute Gasteiger partial charge is 0.478 e. The number of carbonyl (C=O) groups is 1. The molecule has 0 bridgehead atoms. The fourth-order valence-corrected chi connectivity index (χ4v) is 3.92. The average Bonchev–Trinajstić information content (AvgIpc) is 2.31. The van der Waals surface area contributed by atoms with Gasteiger partial charge in [0, 0.05) is 12.6 Å².